The fourth-order valence-electron chi connectivity index (χ4n) is 3.54. The predicted octanol–water partition coefficient (Wildman–Crippen LogP) is 6.18. The summed E-state index contributed by atoms with van der Waals surface area (Å²) in [5.74, 6) is -2.31. The van der Waals surface area contributed by atoms with Crippen molar-refractivity contribution < 1.29 is 40.2 Å². The third-order valence-electron chi connectivity index (χ3n) is 5.47. The molecule has 0 fully saturated rings. The summed E-state index contributed by atoms with van der Waals surface area (Å²) in [5.41, 5.74) is -5.85. The zero-order chi connectivity index (χ0) is 27.9. The fraction of sp³-hybridized carbons (Fsp3) is 0.273. The summed E-state index contributed by atoms with van der Waals surface area (Å²) in [6.45, 7) is 1.16. The van der Waals surface area contributed by atoms with Crippen LogP contribution in [-0.4, -0.2) is 34.5 Å². The van der Waals surface area contributed by atoms with Gasteiger partial charge in [0.05, 0.1) is 17.7 Å². The maximum Gasteiger partial charge on any atom is 0.416 e. The Morgan fingerprint density at radius 2 is 1.66 bits per heavy atom. The van der Waals surface area contributed by atoms with Crippen LogP contribution in [-0.2, 0) is 24.5 Å². The molecular formula is C22H15F8N5OS2. The summed E-state index contributed by atoms with van der Waals surface area (Å²) in [4.78, 5) is 7.81. The van der Waals surface area contributed by atoms with Gasteiger partial charge in [-0.05, 0) is 42.7 Å². The van der Waals surface area contributed by atoms with E-state index in [1.54, 1.807) is 0 Å². The third kappa shape index (κ3) is 5.96. The molecule has 6 nitrogen and oxygen atoms in total. The van der Waals surface area contributed by atoms with Crippen LogP contribution < -0.4 is 0 Å². The van der Waals surface area contributed by atoms with Gasteiger partial charge in [0, 0.05) is 22.4 Å². The molecule has 4 aromatic rings. The molecule has 1 N–H and O–H groups in total. The van der Waals surface area contributed by atoms with Crippen LogP contribution in [0.3, 0.4) is 0 Å². The Morgan fingerprint density at radius 1 is 1.00 bits per heavy atom. The van der Waals surface area contributed by atoms with E-state index in [0.717, 1.165) is 23.9 Å². The lowest BCUT2D eigenvalue weighted by molar-refractivity contribution is -0.143. The van der Waals surface area contributed by atoms with Crippen LogP contribution in [0.4, 0.5) is 35.1 Å². The van der Waals surface area contributed by atoms with E-state index in [9.17, 15) is 40.2 Å². The van der Waals surface area contributed by atoms with Crippen molar-refractivity contribution in [3.63, 3.8) is 0 Å². The topological polar surface area (TPSA) is 76.7 Å². The lowest BCUT2D eigenvalue weighted by atomic mass is 9.90. The molecule has 202 valence electrons. The van der Waals surface area contributed by atoms with Crippen molar-refractivity contribution in [3.05, 3.63) is 77.4 Å². The number of hydrogen-bond acceptors (Lipinski definition) is 7. The van der Waals surface area contributed by atoms with Crippen LogP contribution in [0.2, 0.25) is 0 Å². The number of halogens is 8. The van der Waals surface area contributed by atoms with Gasteiger partial charge in [-0.25, -0.2) is 23.4 Å². The minimum absolute atomic E-state index is 0.00486. The molecule has 0 aliphatic carbocycles. The van der Waals surface area contributed by atoms with Crippen molar-refractivity contribution in [2.75, 3.05) is 0 Å². The number of thioether (sulfide) groups is 1. The minimum Gasteiger partial charge on any atom is -0.382 e. The van der Waals surface area contributed by atoms with Gasteiger partial charge in [-0.3, -0.25) is 0 Å². The summed E-state index contributed by atoms with van der Waals surface area (Å²) in [6.07, 6.45) is -7.65. The van der Waals surface area contributed by atoms with Gasteiger partial charge in [0.1, 0.15) is 29.9 Å². The average molecular weight is 582 g/mol. The molecule has 0 radical (unpaired) electrons. The first-order chi connectivity index (χ1) is 17.7. The van der Waals surface area contributed by atoms with Gasteiger partial charge in [-0.1, -0.05) is 17.8 Å². The highest BCUT2D eigenvalue weighted by atomic mass is 32.2. The number of nitrogens with zero attached hydrogens (tertiary/aromatic N) is 5. The van der Waals surface area contributed by atoms with Crippen LogP contribution in [0.25, 0.3) is 11.4 Å². The van der Waals surface area contributed by atoms with Gasteiger partial charge in [0.2, 0.25) is 0 Å². The Morgan fingerprint density at radius 3 is 2.21 bits per heavy atom. The molecule has 4 rings (SSSR count). The largest absolute Gasteiger partial charge is 0.416 e. The van der Waals surface area contributed by atoms with Crippen molar-refractivity contribution in [3.8, 4) is 11.4 Å². The number of aliphatic hydroxyl groups is 1. The molecule has 0 aliphatic heterocycles. The second-order valence-electron chi connectivity index (χ2n) is 8.08. The predicted molar refractivity (Wildman–Crippen MR) is 121 cm³/mol. The van der Waals surface area contributed by atoms with Crippen molar-refractivity contribution >= 4 is 23.3 Å². The molecule has 0 saturated carbocycles. The van der Waals surface area contributed by atoms with Crippen LogP contribution in [0, 0.1) is 11.6 Å². The van der Waals surface area contributed by atoms with Crippen LogP contribution in [0.1, 0.15) is 23.6 Å². The normalized spacial score (nSPS) is 14.9. The van der Waals surface area contributed by atoms with Gasteiger partial charge in [-0.2, -0.15) is 35.8 Å². The maximum atomic E-state index is 14.7. The molecule has 0 spiro atoms. The third-order valence-corrected chi connectivity index (χ3v) is 7.53. The Hall–Kier alpha value is -3.11. The summed E-state index contributed by atoms with van der Waals surface area (Å²) in [5, 5.41) is 14.5. The Balaban J connectivity index is 1.68. The highest BCUT2D eigenvalue weighted by Gasteiger charge is 2.41. The van der Waals surface area contributed by atoms with Crippen LogP contribution >= 0.6 is 23.3 Å². The van der Waals surface area contributed by atoms with E-state index in [1.165, 1.54) is 24.3 Å². The van der Waals surface area contributed by atoms with Crippen molar-refractivity contribution in [1.82, 2.24) is 24.1 Å². The first-order valence-corrected chi connectivity index (χ1v) is 12.1. The van der Waals surface area contributed by atoms with E-state index in [-0.39, 0.29) is 22.5 Å². The number of benzene rings is 2. The summed E-state index contributed by atoms with van der Waals surface area (Å²) < 4.78 is 113. The van der Waals surface area contributed by atoms with Gasteiger partial charge in [0.25, 0.3) is 0 Å². The van der Waals surface area contributed by atoms with E-state index in [1.807, 2.05) is 0 Å². The molecule has 2 atom stereocenters. The van der Waals surface area contributed by atoms with Crippen LogP contribution in [0.5, 0.6) is 0 Å². The van der Waals surface area contributed by atoms with Crippen LogP contribution in [0.15, 0.2) is 53.4 Å². The highest BCUT2D eigenvalue weighted by Crippen LogP contribution is 2.42. The lowest BCUT2D eigenvalue weighted by Crippen LogP contribution is -2.41. The Labute approximate surface area is 217 Å². The zero-order valence-corrected chi connectivity index (χ0v) is 20.6. The first-order valence-electron chi connectivity index (χ1n) is 10.5. The molecule has 0 aliphatic rings. The minimum atomic E-state index is -5.05. The highest BCUT2D eigenvalue weighted by molar-refractivity contribution is 8.01. The number of rotatable bonds is 7. The van der Waals surface area contributed by atoms with Crippen molar-refractivity contribution in [1.29, 1.82) is 0 Å². The van der Waals surface area contributed by atoms with E-state index in [0.29, 0.717) is 29.7 Å². The van der Waals surface area contributed by atoms with Crippen molar-refractivity contribution in [2.24, 2.45) is 0 Å². The summed E-state index contributed by atoms with van der Waals surface area (Å²) in [7, 11) is 0. The van der Waals surface area contributed by atoms with Gasteiger partial charge in [0.15, 0.2) is 10.2 Å². The molecule has 2 aromatic carbocycles. The average Bonchev–Trinajstić information content (AvgIpc) is 3.49. The zero-order valence-electron chi connectivity index (χ0n) is 18.9. The van der Waals surface area contributed by atoms with E-state index < -0.39 is 57.4 Å². The molecule has 0 saturated heterocycles. The number of aromatic nitrogens is 5. The molecule has 16 heteroatoms. The summed E-state index contributed by atoms with van der Waals surface area (Å²) >= 11 is 1.51. The lowest BCUT2D eigenvalue weighted by Gasteiger charge is -2.33. The second-order valence-corrected chi connectivity index (χ2v) is 10.4. The van der Waals surface area contributed by atoms with E-state index in [4.69, 9.17) is 0 Å². The van der Waals surface area contributed by atoms with Gasteiger partial charge < -0.3 is 5.11 Å². The number of hydrogen-bond donors (Lipinski definition) is 1. The first kappa shape index (κ1) is 27.9. The SMILES string of the molecule is C[C@@H](Sc1nc(-c2cc(C(F)(F)F)cc(C(F)(F)F)c2)ns1)[C@](O)(Cn1cncn1)c1ccc(F)cc1F. The molecule has 0 amide bonds. The quantitative estimate of drug-likeness (QED) is 0.208. The van der Waals surface area contributed by atoms with E-state index >= 15 is 0 Å². The second kappa shape index (κ2) is 10.2. The van der Waals surface area contributed by atoms with Gasteiger partial charge >= 0.3 is 12.4 Å². The molecule has 2 aromatic heterocycles. The summed E-state index contributed by atoms with van der Waals surface area (Å²) in [6, 6.07) is 3.61. The molecule has 2 heterocycles. The molecule has 38 heavy (non-hydrogen) atoms. The maximum absolute atomic E-state index is 14.7. The molecule has 0 unspecified atom stereocenters. The molecular weight excluding hydrogens is 566 g/mol. The standard InChI is InChI=1S/C22H15F8N5OS2/c1-11(20(36,8-35-10-31-9-32-35)16-3-2-15(23)7-17(16)24)37-19-33-18(34-38-19)12-4-13(21(25,26)27)6-14(5-12)22(28,29)30/h2-7,9-11,36H,8H2,1H3/t11-,20-/m1/s1. The van der Waals surface area contributed by atoms with Gasteiger partial charge in [-0.15, -0.1) is 0 Å². The Kier molecular flexibility index (Phi) is 7.51. The van der Waals surface area contributed by atoms with Crippen molar-refractivity contribution in [2.45, 2.75) is 41.0 Å². The van der Waals surface area contributed by atoms with E-state index in [2.05, 4.69) is 19.4 Å². The monoisotopic (exact) mass is 581 g/mol. The molecule has 0 bridgehead atoms. The smallest absolute Gasteiger partial charge is 0.382 e. The number of alkyl halides is 6. The fourth-order valence-corrected chi connectivity index (χ4v) is 5.54. The Bertz CT molecular complexity index is 1390.